The van der Waals surface area contributed by atoms with Gasteiger partial charge in [-0.25, -0.2) is 0 Å². The fourth-order valence-electron chi connectivity index (χ4n) is 2.55. The Morgan fingerprint density at radius 1 is 1.11 bits per heavy atom. The lowest BCUT2D eigenvalue weighted by atomic mass is 10.1. The smallest absolute Gasteiger partial charge is 0.0419 e. The number of halogens is 1. The molecule has 0 bridgehead atoms. The van der Waals surface area contributed by atoms with Crippen LogP contribution in [0.3, 0.4) is 0 Å². The molecule has 0 fully saturated rings. The van der Waals surface area contributed by atoms with Crippen LogP contribution in [0.25, 0.3) is 0 Å². The molecule has 0 amide bonds. The Labute approximate surface area is 122 Å². The summed E-state index contributed by atoms with van der Waals surface area (Å²) >= 11 is 3.50. The van der Waals surface area contributed by atoms with Crippen LogP contribution in [0.2, 0.25) is 0 Å². The Morgan fingerprint density at radius 3 is 2.89 bits per heavy atom. The minimum atomic E-state index is 0.892. The lowest BCUT2D eigenvalue weighted by molar-refractivity contribution is 0.694. The molecule has 0 aliphatic carbocycles. The van der Waals surface area contributed by atoms with Gasteiger partial charge in [-0.3, -0.25) is 0 Å². The molecule has 0 spiro atoms. The van der Waals surface area contributed by atoms with E-state index in [2.05, 4.69) is 69.0 Å². The van der Waals surface area contributed by atoms with Gasteiger partial charge in [0.25, 0.3) is 0 Å². The second-order valence-electron chi connectivity index (χ2n) is 4.86. The maximum atomic E-state index is 3.51. The molecule has 0 saturated heterocycles. The van der Waals surface area contributed by atoms with Crippen molar-refractivity contribution in [1.29, 1.82) is 0 Å². The summed E-state index contributed by atoms with van der Waals surface area (Å²) in [6.07, 6.45) is 1.15. The van der Waals surface area contributed by atoms with E-state index in [1.165, 1.54) is 22.4 Å². The summed E-state index contributed by atoms with van der Waals surface area (Å²) in [4.78, 5) is 0. The van der Waals surface area contributed by atoms with Crippen molar-refractivity contribution >= 4 is 21.6 Å². The summed E-state index contributed by atoms with van der Waals surface area (Å²) in [5.41, 5.74) is 5.45. The van der Waals surface area contributed by atoms with Crippen LogP contribution in [0.15, 0.2) is 46.9 Å². The normalized spacial score (nSPS) is 13.1. The van der Waals surface area contributed by atoms with Gasteiger partial charge in [-0.1, -0.05) is 46.3 Å². The van der Waals surface area contributed by atoms with Crippen LogP contribution in [-0.2, 0) is 19.5 Å². The molecule has 0 radical (unpaired) electrons. The second kappa shape index (κ2) is 5.76. The minimum absolute atomic E-state index is 0.892. The highest BCUT2D eigenvalue weighted by Gasteiger charge is 2.12. The molecule has 1 aliphatic rings. The molecule has 2 nitrogen and oxygen atoms in total. The first-order valence-corrected chi connectivity index (χ1v) is 7.42. The first kappa shape index (κ1) is 12.7. The van der Waals surface area contributed by atoms with Crippen LogP contribution < -0.4 is 10.6 Å². The van der Waals surface area contributed by atoms with Crippen molar-refractivity contribution in [1.82, 2.24) is 5.32 Å². The van der Waals surface area contributed by atoms with Crippen LogP contribution in [0.4, 0.5) is 5.69 Å². The minimum Gasteiger partial charge on any atom is -0.384 e. The van der Waals surface area contributed by atoms with Crippen LogP contribution in [0.1, 0.15) is 16.7 Å². The zero-order valence-electron chi connectivity index (χ0n) is 10.7. The predicted octanol–water partition coefficient (Wildman–Crippen LogP) is 3.71. The molecule has 1 heterocycles. The molecule has 2 aromatic carbocycles. The van der Waals surface area contributed by atoms with Crippen molar-refractivity contribution in [3.05, 3.63) is 63.6 Å². The number of hydrogen-bond donors (Lipinski definition) is 2. The standard InChI is InChI=1S/C16H17BrN2/c17-15-6-1-3-12(9-15)10-18-11-14-5-2-4-13-7-8-19-16(13)14/h1-6,9,18-19H,7-8,10-11H2. The molecule has 1 aliphatic heterocycles. The molecule has 0 atom stereocenters. The Kier molecular flexibility index (Phi) is 3.85. The molecule has 3 rings (SSSR count). The maximum Gasteiger partial charge on any atom is 0.0419 e. The zero-order valence-corrected chi connectivity index (χ0v) is 12.3. The summed E-state index contributed by atoms with van der Waals surface area (Å²) < 4.78 is 1.13. The molecule has 0 unspecified atom stereocenters. The summed E-state index contributed by atoms with van der Waals surface area (Å²) in [6.45, 7) is 2.86. The van der Waals surface area contributed by atoms with Crippen molar-refractivity contribution in [2.45, 2.75) is 19.5 Å². The van der Waals surface area contributed by atoms with E-state index in [1.54, 1.807) is 0 Å². The SMILES string of the molecule is Brc1cccc(CNCc2cccc3c2NCC3)c1. The number of rotatable bonds is 4. The van der Waals surface area contributed by atoms with E-state index in [1.807, 2.05) is 0 Å². The van der Waals surface area contributed by atoms with Crippen molar-refractivity contribution in [3.63, 3.8) is 0 Å². The van der Waals surface area contributed by atoms with Crippen molar-refractivity contribution in [2.75, 3.05) is 11.9 Å². The van der Waals surface area contributed by atoms with Crippen molar-refractivity contribution in [2.24, 2.45) is 0 Å². The van der Waals surface area contributed by atoms with Gasteiger partial charge >= 0.3 is 0 Å². The van der Waals surface area contributed by atoms with E-state index < -0.39 is 0 Å². The van der Waals surface area contributed by atoms with Gasteiger partial charge in [0, 0.05) is 29.8 Å². The van der Waals surface area contributed by atoms with Crippen LogP contribution >= 0.6 is 15.9 Å². The highest BCUT2D eigenvalue weighted by molar-refractivity contribution is 9.10. The lowest BCUT2D eigenvalue weighted by Gasteiger charge is -2.10. The van der Waals surface area contributed by atoms with E-state index in [9.17, 15) is 0 Å². The molecule has 0 aromatic heterocycles. The molecule has 2 N–H and O–H groups in total. The van der Waals surface area contributed by atoms with E-state index in [0.717, 1.165) is 30.5 Å². The average Bonchev–Trinajstić information content (AvgIpc) is 2.88. The molecule has 19 heavy (non-hydrogen) atoms. The zero-order chi connectivity index (χ0) is 13.1. The van der Waals surface area contributed by atoms with Gasteiger partial charge < -0.3 is 10.6 Å². The number of para-hydroxylation sites is 1. The molecular weight excluding hydrogens is 300 g/mol. The number of nitrogens with one attached hydrogen (secondary N) is 2. The largest absolute Gasteiger partial charge is 0.384 e. The summed E-state index contributed by atoms with van der Waals surface area (Å²) in [7, 11) is 0. The topological polar surface area (TPSA) is 24.1 Å². The quantitative estimate of drug-likeness (QED) is 0.898. The van der Waals surface area contributed by atoms with Crippen molar-refractivity contribution < 1.29 is 0 Å². The van der Waals surface area contributed by atoms with Gasteiger partial charge in [-0.2, -0.15) is 0 Å². The summed E-state index contributed by atoms with van der Waals surface area (Å²) in [5, 5.41) is 6.99. The Morgan fingerprint density at radius 2 is 2.00 bits per heavy atom. The Hall–Kier alpha value is -1.32. The molecular formula is C16H17BrN2. The molecule has 2 aromatic rings. The van der Waals surface area contributed by atoms with Crippen molar-refractivity contribution in [3.8, 4) is 0 Å². The second-order valence-corrected chi connectivity index (χ2v) is 5.78. The fraction of sp³-hybridized carbons (Fsp3) is 0.250. The average molecular weight is 317 g/mol. The third-order valence-corrected chi connectivity index (χ3v) is 3.96. The predicted molar refractivity (Wildman–Crippen MR) is 83.3 cm³/mol. The van der Waals surface area contributed by atoms with Gasteiger partial charge in [-0.15, -0.1) is 0 Å². The number of anilines is 1. The first-order valence-electron chi connectivity index (χ1n) is 6.63. The van der Waals surface area contributed by atoms with Gasteiger partial charge in [-0.05, 0) is 35.2 Å². The molecule has 0 saturated carbocycles. The van der Waals surface area contributed by atoms with Gasteiger partial charge in [0.15, 0.2) is 0 Å². The van der Waals surface area contributed by atoms with E-state index in [4.69, 9.17) is 0 Å². The maximum absolute atomic E-state index is 3.51. The van der Waals surface area contributed by atoms with Gasteiger partial charge in [0.1, 0.15) is 0 Å². The third kappa shape index (κ3) is 2.99. The van der Waals surface area contributed by atoms with Crippen LogP contribution in [0, 0.1) is 0 Å². The Balaban J connectivity index is 1.63. The van der Waals surface area contributed by atoms with E-state index in [-0.39, 0.29) is 0 Å². The van der Waals surface area contributed by atoms with E-state index in [0.29, 0.717) is 0 Å². The van der Waals surface area contributed by atoms with E-state index >= 15 is 0 Å². The number of hydrogen-bond acceptors (Lipinski definition) is 2. The summed E-state index contributed by atoms with van der Waals surface area (Å²) in [5.74, 6) is 0. The lowest BCUT2D eigenvalue weighted by Crippen LogP contribution is -2.13. The summed E-state index contributed by atoms with van der Waals surface area (Å²) in [6, 6.07) is 15.0. The highest BCUT2D eigenvalue weighted by atomic mass is 79.9. The molecule has 98 valence electrons. The van der Waals surface area contributed by atoms with Gasteiger partial charge in [0.05, 0.1) is 0 Å². The fourth-order valence-corrected chi connectivity index (χ4v) is 2.99. The highest BCUT2D eigenvalue weighted by Crippen LogP contribution is 2.26. The first-order chi connectivity index (χ1) is 9.33. The monoisotopic (exact) mass is 316 g/mol. The Bertz CT molecular complexity index is 581. The molecule has 3 heteroatoms. The third-order valence-electron chi connectivity index (χ3n) is 3.47. The number of benzene rings is 2. The van der Waals surface area contributed by atoms with Gasteiger partial charge in [0.2, 0.25) is 0 Å². The number of fused-ring (bicyclic) bond motifs is 1. The van der Waals surface area contributed by atoms with Crippen LogP contribution in [-0.4, -0.2) is 6.54 Å². The van der Waals surface area contributed by atoms with Crippen LogP contribution in [0.5, 0.6) is 0 Å².